The molecule has 1 aromatic rings. The number of hydrogen-bond acceptors (Lipinski definition) is 6. The fourth-order valence-electron chi connectivity index (χ4n) is 1.65. The third-order valence-electron chi connectivity index (χ3n) is 2.47. The molecule has 0 aromatic carbocycles. The van der Waals surface area contributed by atoms with Crippen LogP contribution >= 0.6 is 0 Å². The fraction of sp³-hybridized carbons (Fsp3) is 0.636. The minimum absolute atomic E-state index is 0.0369. The van der Waals surface area contributed by atoms with E-state index in [0.717, 1.165) is 13.0 Å². The first-order valence-electron chi connectivity index (χ1n) is 5.78. The molecule has 6 nitrogen and oxygen atoms in total. The van der Waals surface area contributed by atoms with E-state index in [2.05, 4.69) is 15.3 Å². The van der Waals surface area contributed by atoms with Crippen LogP contribution in [0.2, 0.25) is 0 Å². The molecular formula is C11H18N4O2. The minimum atomic E-state index is 0.0369. The Bertz CT molecular complexity index is 378. The second kappa shape index (κ2) is 5.18. The van der Waals surface area contributed by atoms with Gasteiger partial charge in [0.05, 0.1) is 18.8 Å². The summed E-state index contributed by atoms with van der Waals surface area (Å²) in [7, 11) is 0. The van der Waals surface area contributed by atoms with Crippen molar-refractivity contribution in [2.75, 3.05) is 24.3 Å². The van der Waals surface area contributed by atoms with Crippen LogP contribution in [0.4, 0.5) is 11.5 Å². The third-order valence-corrected chi connectivity index (χ3v) is 2.47. The van der Waals surface area contributed by atoms with E-state index in [1.165, 1.54) is 6.33 Å². The SMILES string of the molecule is CC(C)Oc1ncnc(NC2CCOC2)c1N. The van der Waals surface area contributed by atoms with Crippen molar-refractivity contribution in [1.29, 1.82) is 0 Å². The summed E-state index contributed by atoms with van der Waals surface area (Å²) in [6, 6.07) is 0.263. The maximum absolute atomic E-state index is 5.96. The highest BCUT2D eigenvalue weighted by Gasteiger charge is 2.18. The molecule has 1 aliphatic rings. The monoisotopic (exact) mass is 238 g/mol. The lowest BCUT2D eigenvalue weighted by Crippen LogP contribution is -2.21. The number of hydrogen-bond donors (Lipinski definition) is 2. The van der Waals surface area contributed by atoms with Crippen molar-refractivity contribution in [3.05, 3.63) is 6.33 Å². The molecule has 0 aliphatic carbocycles. The molecule has 1 atom stereocenters. The Balaban J connectivity index is 2.10. The van der Waals surface area contributed by atoms with E-state index in [-0.39, 0.29) is 12.1 Å². The predicted molar refractivity (Wildman–Crippen MR) is 65.1 cm³/mol. The van der Waals surface area contributed by atoms with Crippen LogP contribution in [-0.4, -0.2) is 35.3 Å². The number of nitrogen functional groups attached to an aromatic ring is 1. The van der Waals surface area contributed by atoms with Gasteiger partial charge in [-0.2, -0.15) is 4.98 Å². The lowest BCUT2D eigenvalue weighted by molar-refractivity contribution is 0.195. The zero-order valence-corrected chi connectivity index (χ0v) is 10.1. The van der Waals surface area contributed by atoms with Crippen molar-refractivity contribution in [3.8, 4) is 5.88 Å². The number of rotatable bonds is 4. The average Bonchev–Trinajstić information content (AvgIpc) is 2.76. The molecule has 0 saturated carbocycles. The minimum Gasteiger partial charge on any atom is -0.473 e. The van der Waals surface area contributed by atoms with Gasteiger partial charge >= 0.3 is 0 Å². The summed E-state index contributed by atoms with van der Waals surface area (Å²) in [5, 5.41) is 3.24. The van der Waals surface area contributed by atoms with Gasteiger partial charge < -0.3 is 20.5 Å². The van der Waals surface area contributed by atoms with Gasteiger partial charge in [0, 0.05) is 6.61 Å². The Labute approximate surface area is 101 Å². The van der Waals surface area contributed by atoms with Crippen molar-refractivity contribution in [1.82, 2.24) is 9.97 Å². The molecular weight excluding hydrogens is 220 g/mol. The molecule has 1 aromatic heterocycles. The topological polar surface area (TPSA) is 82.3 Å². The van der Waals surface area contributed by atoms with Gasteiger partial charge in [-0.3, -0.25) is 0 Å². The van der Waals surface area contributed by atoms with E-state index < -0.39 is 0 Å². The van der Waals surface area contributed by atoms with Gasteiger partial charge in [-0.15, -0.1) is 0 Å². The Hall–Kier alpha value is -1.56. The highest BCUT2D eigenvalue weighted by atomic mass is 16.5. The van der Waals surface area contributed by atoms with Crippen LogP contribution in [0.1, 0.15) is 20.3 Å². The van der Waals surface area contributed by atoms with Crippen molar-refractivity contribution >= 4 is 11.5 Å². The number of anilines is 2. The second-order valence-corrected chi connectivity index (χ2v) is 4.31. The van der Waals surface area contributed by atoms with Gasteiger partial charge in [0.2, 0.25) is 5.88 Å². The van der Waals surface area contributed by atoms with E-state index in [1.54, 1.807) is 0 Å². The number of nitrogens with one attached hydrogen (secondary N) is 1. The molecule has 3 N–H and O–H groups in total. The first-order valence-corrected chi connectivity index (χ1v) is 5.78. The predicted octanol–water partition coefficient (Wildman–Crippen LogP) is 1.05. The van der Waals surface area contributed by atoms with Crippen molar-refractivity contribution < 1.29 is 9.47 Å². The third kappa shape index (κ3) is 2.97. The zero-order chi connectivity index (χ0) is 12.3. The Morgan fingerprint density at radius 2 is 2.35 bits per heavy atom. The molecule has 0 radical (unpaired) electrons. The summed E-state index contributed by atoms with van der Waals surface area (Å²) in [6.45, 7) is 5.32. The quantitative estimate of drug-likeness (QED) is 0.815. The molecule has 1 aliphatic heterocycles. The summed E-state index contributed by atoms with van der Waals surface area (Å²) < 4.78 is 10.8. The van der Waals surface area contributed by atoms with E-state index in [4.69, 9.17) is 15.2 Å². The zero-order valence-electron chi connectivity index (χ0n) is 10.1. The van der Waals surface area contributed by atoms with Crippen molar-refractivity contribution in [3.63, 3.8) is 0 Å². The standard InChI is InChI=1S/C11H18N4O2/c1-7(2)17-11-9(12)10(13-6-14-11)15-8-3-4-16-5-8/h6-8H,3-5,12H2,1-2H3,(H,13,14,15). The lowest BCUT2D eigenvalue weighted by atomic mass is 10.2. The molecule has 0 bridgehead atoms. The van der Waals surface area contributed by atoms with E-state index >= 15 is 0 Å². The van der Waals surface area contributed by atoms with Crippen LogP contribution in [-0.2, 0) is 4.74 Å². The maximum Gasteiger partial charge on any atom is 0.242 e. The molecule has 0 spiro atoms. The van der Waals surface area contributed by atoms with Gasteiger partial charge in [0.25, 0.3) is 0 Å². The molecule has 1 saturated heterocycles. The first kappa shape index (κ1) is 11.9. The number of nitrogens with zero attached hydrogens (tertiary/aromatic N) is 2. The van der Waals surface area contributed by atoms with Gasteiger partial charge in [0.15, 0.2) is 5.82 Å². The highest BCUT2D eigenvalue weighted by molar-refractivity contribution is 5.66. The normalized spacial score (nSPS) is 19.6. The van der Waals surface area contributed by atoms with Crippen LogP contribution in [0.25, 0.3) is 0 Å². The number of aromatic nitrogens is 2. The van der Waals surface area contributed by atoms with Crippen LogP contribution < -0.4 is 15.8 Å². The van der Waals surface area contributed by atoms with E-state index in [1.807, 2.05) is 13.8 Å². The average molecular weight is 238 g/mol. The molecule has 0 amide bonds. The summed E-state index contributed by atoms with van der Waals surface area (Å²) in [4.78, 5) is 8.15. The van der Waals surface area contributed by atoms with Crippen LogP contribution in [0.15, 0.2) is 6.33 Å². The van der Waals surface area contributed by atoms with Crippen molar-refractivity contribution in [2.24, 2.45) is 0 Å². The molecule has 94 valence electrons. The number of ether oxygens (including phenoxy) is 2. The lowest BCUT2D eigenvalue weighted by Gasteiger charge is -2.16. The van der Waals surface area contributed by atoms with Gasteiger partial charge in [-0.05, 0) is 20.3 Å². The maximum atomic E-state index is 5.96. The number of nitrogens with two attached hydrogens (primary N) is 1. The Morgan fingerprint density at radius 3 is 3.00 bits per heavy atom. The Morgan fingerprint density at radius 1 is 1.53 bits per heavy atom. The molecule has 2 heterocycles. The van der Waals surface area contributed by atoms with Gasteiger partial charge in [0.1, 0.15) is 12.0 Å². The summed E-state index contributed by atoms with van der Waals surface area (Å²) in [6.07, 6.45) is 2.45. The van der Waals surface area contributed by atoms with Gasteiger partial charge in [-0.25, -0.2) is 4.98 Å². The van der Waals surface area contributed by atoms with Crippen LogP contribution in [0.5, 0.6) is 5.88 Å². The molecule has 2 rings (SSSR count). The van der Waals surface area contributed by atoms with Crippen LogP contribution in [0.3, 0.4) is 0 Å². The van der Waals surface area contributed by atoms with Crippen molar-refractivity contribution in [2.45, 2.75) is 32.4 Å². The molecule has 1 fully saturated rings. The van der Waals surface area contributed by atoms with E-state index in [9.17, 15) is 0 Å². The molecule has 17 heavy (non-hydrogen) atoms. The van der Waals surface area contributed by atoms with E-state index in [0.29, 0.717) is 24.0 Å². The summed E-state index contributed by atoms with van der Waals surface area (Å²) in [5.41, 5.74) is 6.41. The van der Waals surface area contributed by atoms with Crippen LogP contribution in [0, 0.1) is 0 Å². The smallest absolute Gasteiger partial charge is 0.242 e. The molecule has 6 heteroatoms. The summed E-state index contributed by atoms with van der Waals surface area (Å²) >= 11 is 0. The van der Waals surface area contributed by atoms with Gasteiger partial charge in [-0.1, -0.05) is 0 Å². The largest absolute Gasteiger partial charge is 0.473 e. The second-order valence-electron chi connectivity index (χ2n) is 4.31. The summed E-state index contributed by atoms with van der Waals surface area (Å²) in [5.74, 6) is 1.04. The first-order chi connectivity index (χ1) is 8.16. The molecule has 1 unspecified atom stereocenters. The highest BCUT2D eigenvalue weighted by Crippen LogP contribution is 2.26. The Kier molecular flexibility index (Phi) is 3.63. The fourth-order valence-corrected chi connectivity index (χ4v) is 1.65.